The van der Waals surface area contributed by atoms with Gasteiger partial charge in [0.1, 0.15) is 0 Å². The Balaban J connectivity index is 3.40. The fraction of sp³-hybridized carbons (Fsp3) is 0.143. The second-order valence-corrected chi connectivity index (χ2v) is 8.25. The average molecular weight is 338 g/mol. The van der Waals surface area contributed by atoms with Crippen LogP contribution in [0.25, 0.3) is 0 Å². The first kappa shape index (κ1) is 12.6. The third kappa shape index (κ3) is 2.36. The predicted octanol–water partition coefficient (Wildman–Crippen LogP) is 3.55. The molecule has 0 N–H and O–H groups in total. The molecular formula is C7H4BrCl3O2S. The van der Waals surface area contributed by atoms with Gasteiger partial charge in [-0.15, -0.1) is 0 Å². The summed E-state index contributed by atoms with van der Waals surface area (Å²) in [5, 5.41) is 0. The molecule has 1 aromatic rings. The average Bonchev–Trinajstić information content (AvgIpc) is 2.02. The fourth-order valence-corrected chi connectivity index (χ4v) is 3.29. The van der Waals surface area contributed by atoms with Crippen LogP contribution >= 0.6 is 50.7 Å². The zero-order chi connectivity index (χ0) is 11.0. The van der Waals surface area contributed by atoms with E-state index in [2.05, 4.69) is 15.9 Å². The van der Waals surface area contributed by atoms with E-state index in [9.17, 15) is 8.42 Å². The fourth-order valence-electron chi connectivity index (χ4n) is 0.787. The van der Waals surface area contributed by atoms with Crippen molar-refractivity contribution in [3.8, 4) is 0 Å². The van der Waals surface area contributed by atoms with Crippen LogP contribution in [-0.2, 0) is 9.84 Å². The van der Waals surface area contributed by atoms with Gasteiger partial charge >= 0.3 is 0 Å². The molecule has 0 bridgehead atoms. The third-order valence-electron chi connectivity index (χ3n) is 1.43. The van der Waals surface area contributed by atoms with Crippen molar-refractivity contribution in [3.63, 3.8) is 0 Å². The highest BCUT2D eigenvalue weighted by molar-refractivity contribution is 9.10. The highest BCUT2D eigenvalue weighted by atomic mass is 79.9. The molecule has 0 atom stereocenters. The Bertz CT molecular complexity index is 438. The van der Waals surface area contributed by atoms with Gasteiger partial charge in [-0.1, -0.05) is 46.9 Å². The smallest absolute Gasteiger partial charge is 0.219 e. The van der Waals surface area contributed by atoms with Gasteiger partial charge in [-0.3, -0.25) is 0 Å². The summed E-state index contributed by atoms with van der Waals surface area (Å²) in [6, 6.07) is 6.14. The SMILES string of the molecule is O=S(=O)(c1ccccc1Br)C(Cl)(Cl)Cl. The van der Waals surface area contributed by atoms with Crippen LogP contribution < -0.4 is 0 Å². The summed E-state index contributed by atoms with van der Waals surface area (Å²) in [6.45, 7) is 0. The Labute approximate surface area is 105 Å². The van der Waals surface area contributed by atoms with Gasteiger partial charge in [0.05, 0.1) is 4.90 Å². The van der Waals surface area contributed by atoms with Crippen LogP contribution in [0, 0.1) is 0 Å². The second kappa shape index (κ2) is 4.18. The summed E-state index contributed by atoms with van der Waals surface area (Å²) in [7, 11) is -3.96. The van der Waals surface area contributed by atoms with Crippen LogP contribution in [0.15, 0.2) is 33.6 Å². The molecule has 0 aliphatic carbocycles. The van der Waals surface area contributed by atoms with Crippen molar-refractivity contribution in [1.29, 1.82) is 0 Å². The molecule has 0 radical (unpaired) electrons. The molecule has 0 saturated heterocycles. The van der Waals surface area contributed by atoms with E-state index in [1.807, 2.05) is 0 Å². The topological polar surface area (TPSA) is 34.1 Å². The van der Waals surface area contributed by atoms with Crippen LogP contribution in [0.5, 0.6) is 0 Å². The van der Waals surface area contributed by atoms with Crippen LogP contribution in [-0.4, -0.2) is 11.5 Å². The Kier molecular flexibility index (Phi) is 3.76. The van der Waals surface area contributed by atoms with Gasteiger partial charge in [0, 0.05) is 4.47 Å². The van der Waals surface area contributed by atoms with Crippen molar-refractivity contribution in [3.05, 3.63) is 28.7 Å². The predicted molar refractivity (Wildman–Crippen MR) is 61.6 cm³/mol. The van der Waals surface area contributed by atoms with E-state index < -0.39 is 13.0 Å². The molecule has 0 fully saturated rings. The molecule has 0 aromatic heterocycles. The van der Waals surface area contributed by atoms with Crippen molar-refractivity contribution in [2.24, 2.45) is 0 Å². The van der Waals surface area contributed by atoms with Gasteiger partial charge in [-0.2, -0.15) is 0 Å². The van der Waals surface area contributed by atoms with E-state index in [1.165, 1.54) is 6.07 Å². The molecule has 0 aliphatic rings. The van der Waals surface area contributed by atoms with Gasteiger partial charge in [-0.05, 0) is 28.1 Å². The van der Waals surface area contributed by atoms with E-state index in [0.29, 0.717) is 4.47 Å². The molecule has 0 heterocycles. The normalized spacial score (nSPS) is 12.9. The molecule has 0 unspecified atom stereocenters. The van der Waals surface area contributed by atoms with Gasteiger partial charge < -0.3 is 0 Å². The molecular weight excluding hydrogens is 334 g/mol. The first-order valence-electron chi connectivity index (χ1n) is 3.32. The summed E-state index contributed by atoms with van der Waals surface area (Å²) in [5.74, 6) is 0. The molecule has 78 valence electrons. The number of sulfone groups is 1. The lowest BCUT2D eigenvalue weighted by molar-refractivity contribution is 0.596. The minimum absolute atomic E-state index is 0.0417. The summed E-state index contributed by atoms with van der Waals surface area (Å²) in [5.41, 5.74) is 0. The molecule has 1 aromatic carbocycles. The highest BCUT2D eigenvalue weighted by Gasteiger charge is 2.40. The van der Waals surface area contributed by atoms with E-state index in [0.717, 1.165) is 0 Å². The number of hydrogen-bond acceptors (Lipinski definition) is 2. The van der Waals surface area contributed by atoms with Crippen LogP contribution in [0.2, 0.25) is 0 Å². The monoisotopic (exact) mass is 336 g/mol. The summed E-state index contributed by atoms with van der Waals surface area (Å²) < 4.78 is 21.3. The molecule has 0 spiro atoms. The first-order chi connectivity index (χ1) is 6.27. The number of rotatable bonds is 1. The van der Waals surface area contributed by atoms with Gasteiger partial charge in [-0.25, -0.2) is 8.42 Å². The molecule has 1 rings (SSSR count). The lowest BCUT2D eigenvalue weighted by atomic mass is 10.4. The Morgan fingerprint density at radius 1 is 1.14 bits per heavy atom. The van der Waals surface area contributed by atoms with Crippen molar-refractivity contribution in [1.82, 2.24) is 0 Å². The Morgan fingerprint density at radius 3 is 2.07 bits per heavy atom. The minimum Gasteiger partial charge on any atom is -0.219 e. The molecule has 2 nitrogen and oxygen atoms in total. The van der Waals surface area contributed by atoms with Gasteiger partial charge in [0.15, 0.2) is 0 Å². The van der Waals surface area contributed by atoms with Crippen LogP contribution in [0.1, 0.15) is 0 Å². The maximum absolute atomic E-state index is 11.6. The van der Waals surface area contributed by atoms with Gasteiger partial charge in [0.25, 0.3) is 3.12 Å². The van der Waals surface area contributed by atoms with Crippen molar-refractivity contribution >= 4 is 60.6 Å². The summed E-state index contributed by atoms with van der Waals surface area (Å²) in [6.07, 6.45) is 0. The lowest BCUT2D eigenvalue weighted by Gasteiger charge is -2.13. The first-order valence-corrected chi connectivity index (χ1v) is 6.73. The van der Waals surface area contributed by atoms with Crippen molar-refractivity contribution < 1.29 is 8.42 Å². The third-order valence-corrected chi connectivity index (χ3v) is 5.76. The second-order valence-electron chi connectivity index (χ2n) is 2.38. The quantitative estimate of drug-likeness (QED) is 0.734. The Hall–Kier alpha value is 0.520. The van der Waals surface area contributed by atoms with E-state index >= 15 is 0 Å². The maximum atomic E-state index is 11.6. The van der Waals surface area contributed by atoms with E-state index in [1.54, 1.807) is 18.2 Å². The number of benzene rings is 1. The van der Waals surface area contributed by atoms with Crippen molar-refractivity contribution in [2.75, 3.05) is 0 Å². The van der Waals surface area contributed by atoms with Crippen molar-refractivity contribution in [2.45, 2.75) is 8.02 Å². The largest absolute Gasteiger partial charge is 0.297 e. The molecule has 0 amide bonds. The Morgan fingerprint density at radius 2 is 1.64 bits per heavy atom. The van der Waals surface area contributed by atoms with Gasteiger partial charge in [0.2, 0.25) is 9.84 Å². The highest BCUT2D eigenvalue weighted by Crippen LogP contribution is 2.39. The van der Waals surface area contributed by atoms with E-state index in [4.69, 9.17) is 34.8 Å². The minimum atomic E-state index is -3.96. The molecule has 7 heteroatoms. The zero-order valence-corrected chi connectivity index (χ0v) is 11.2. The lowest BCUT2D eigenvalue weighted by Crippen LogP contribution is -2.19. The zero-order valence-electron chi connectivity index (χ0n) is 6.55. The van der Waals surface area contributed by atoms with E-state index in [-0.39, 0.29) is 4.90 Å². The number of alkyl halides is 3. The summed E-state index contributed by atoms with van der Waals surface area (Å²) in [4.78, 5) is -0.0417. The standard InChI is InChI=1S/C7H4BrCl3O2S/c8-5-3-1-2-4-6(5)14(12,13)7(9,10)11/h1-4H. The maximum Gasteiger partial charge on any atom is 0.297 e. The van der Waals surface area contributed by atoms with Crippen LogP contribution in [0.4, 0.5) is 0 Å². The molecule has 0 aliphatic heterocycles. The summed E-state index contributed by atoms with van der Waals surface area (Å²) >= 11 is 19.1. The van der Waals surface area contributed by atoms with Crippen LogP contribution in [0.3, 0.4) is 0 Å². The number of hydrogen-bond donors (Lipinski definition) is 0. The molecule has 14 heavy (non-hydrogen) atoms. The number of halogens is 4. The molecule has 0 saturated carbocycles.